The predicted molar refractivity (Wildman–Crippen MR) is 202 cm³/mol. The number of nitrogens with zero attached hydrogens (tertiary/aromatic N) is 2. The summed E-state index contributed by atoms with van der Waals surface area (Å²) in [5, 5.41) is 2.04. The van der Waals surface area contributed by atoms with Gasteiger partial charge in [-0.05, 0) is 71.2 Å². The molecule has 0 saturated heterocycles. The van der Waals surface area contributed by atoms with E-state index in [9.17, 15) is 0 Å². The second-order valence-electron chi connectivity index (χ2n) is 12.4. The highest BCUT2D eigenvalue weighted by Crippen LogP contribution is 2.37. The lowest BCUT2D eigenvalue weighted by molar-refractivity contribution is 1.24. The smallest absolute Gasteiger partial charge is 0.0738 e. The molecular weight excluding hydrogens is 597 g/mol. The number of rotatable bonds is 4. The molecular formula is C45H32N4. The number of nitrogens with one attached hydrogen (secondary N) is 2. The Balaban J connectivity index is 1.44. The van der Waals surface area contributed by atoms with Crippen LogP contribution in [0.1, 0.15) is 39.1 Å². The Bertz CT molecular complexity index is 2550. The van der Waals surface area contributed by atoms with Gasteiger partial charge in [-0.2, -0.15) is 0 Å². The number of allylic oxidation sites excluding steroid dienone is 5. The van der Waals surface area contributed by atoms with Crippen molar-refractivity contribution in [3.63, 3.8) is 0 Å². The van der Waals surface area contributed by atoms with Crippen molar-refractivity contribution in [2.45, 2.75) is 6.92 Å². The third kappa shape index (κ3) is 5.02. The van der Waals surface area contributed by atoms with Crippen LogP contribution >= 0.6 is 0 Å². The monoisotopic (exact) mass is 628 g/mol. The lowest BCUT2D eigenvalue weighted by Gasteiger charge is -2.13. The minimum atomic E-state index is 0.884. The molecule has 4 heteroatoms. The zero-order chi connectivity index (χ0) is 32.7. The summed E-state index contributed by atoms with van der Waals surface area (Å²) in [7, 11) is 0. The molecule has 9 rings (SSSR count). The Morgan fingerprint density at radius 3 is 1.41 bits per heavy atom. The number of fused-ring (bicyclic) bond motifs is 6. The number of aromatic amines is 2. The van der Waals surface area contributed by atoms with E-state index in [0.717, 1.165) is 94.9 Å². The second-order valence-corrected chi connectivity index (χ2v) is 12.4. The van der Waals surface area contributed by atoms with Crippen LogP contribution in [0, 0.1) is 6.92 Å². The van der Waals surface area contributed by atoms with Crippen molar-refractivity contribution in [3.05, 3.63) is 225 Å². The van der Waals surface area contributed by atoms with E-state index >= 15 is 0 Å². The molecule has 0 fully saturated rings. The summed E-state index contributed by atoms with van der Waals surface area (Å²) in [4.78, 5) is 18.3. The fraction of sp³-hybridized carbons (Fsp3) is 0.0222. The lowest BCUT2D eigenvalue weighted by Crippen LogP contribution is -2.19. The summed E-state index contributed by atoms with van der Waals surface area (Å²) in [5.74, 6) is 0. The fourth-order valence-electron chi connectivity index (χ4n) is 7.15. The van der Waals surface area contributed by atoms with Crippen LogP contribution in [0.25, 0.3) is 22.3 Å². The lowest BCUT2D eigenvalue weighted by atomic mass is 9.93. The average molecular weight is 629 g/mol. The van der Waals surface area contributed by atoms with Crippen LogP contribution in [-0.2, 0) is 0 Å². The molecule has 0 unspecified atom stereocenters. The molecule has 3 aliphatic rings. The number of hydrogen-bond donors (Lipinski definition) is 2. The normalized spacial score (nSPS) is 15.3. The minimum Gasteiger partial charge on any atom is -0.360 e. The maximum absolute atomic E-state index is 5.38. The third-order valence-electron chi connectivity index (χ3n) is 9.44. The van der Waals surface area contributed by atoms with E-state index in [4.69, 9.17) is 9.98 Å². The first kappa shape index (κ1) is 28.7. The van der Waals surface area contributed by atoms with Crippen molar-refractivity contribution in [2.75, 3.05) is 0 Å². The number of hydrogen-bond acceptors (Lipinski definition) is 2. The highest BCUT2D eigenvalue weighted by atomic mass is 14.8. The number of benzene rings is 4. The van der Waals surface area contributed by atoms with E-state index in [1.807, 2.05) is 6.07 Å². The Labute approximate surface area is 285 Å². The van der Waals surface area contributed by atoms with Crippen molar-refractivity contribution in [3.8, 4) is 0 Å². The molecule has 2 N–H and O–H groups in total. The molecule has 232 valence electrons. The highest BCUT2D eigenvalue weighted by molar-refractivity contribution is 6.35. The van der Waals surface area contributed by atoms with Crippen LogP contribution in [0.2, 0.25) is 0 Å². The van der Waals surface area contributed by atoms with Gasteiger partial charge >= 0.3 is 0 Å². The summed E-state index contributed by atoms with van der Waals surface area (Å²) < 4.78 is 0. The Morgan fingerprint density at radius 1 is 0.429 bits per heavy atom. The van der Waals surface area contributed by atoms with E-state index < -0.39 is 0 Å². The van der Waals surface area contributed by atoms with Gasteiger partial charge in [0.2, 0.25) is 0 Å². The number of aromatic nitrogens is 2. The van der Waals surface area contributed by atoms with Crippen molar-refractivity contribution in [1.82, 2.24) is 9.97 Å². The van der Waals surface area contributed by atoms with Crippen LogP contribution in [0.3, 0.4) is 0 Å². The van der Waals surface area contributed by atoms with Crippen molar-refractivity contribution in [1.29, 1.82) is 0 Å². The van der Waals surface area contributed by atoms with Crippen molar-refractivity contribution in [2.24, 2.45) is 9.98 Å². The molecule has 0 atom stereocenters. The van der Waals surface area contributed by atoms with E-state index in [-0.39, 0.29) is 0 Å². The average Bonchev–Trinajstić information content (AvgIpc) is 3.98. The first-order valence-corrected chi connectivity index (χ1v) is 16.6. The van der Waals surface area contributed by atoms with E-state index in [1.54, 1.807) is 0 Å². The zero-order valence-electron chi connectivity index (χ0n) is 27.0. The van der Waals surface area contributed by atoms with Crippen molar-refractivity contribution < 1.29 is 0 Å². The van der Waals surface area contributed by atoms with Gasteiger partial charge in [0.1, 0.15) is 0 Å². The standard InChI is InChI=1S/C45H32N4/c1-29-34-28-46-45(29)44(33-20-12-5-13-21-33)40-27-26-39(49-40)43(32-18-10-4-11-19-32)38-25-24-37(48-38)42(31-16-8-3-9-17-31)36-23-22-35(47-36)41(34)30-14-6-2-7-15-30/h2-28,46-47H,1H3. The fourth-order valence-corrected chi connectivity index (χ4v) is 7.15. The van der Waals surface area contributed by atoms with E-state index in [0.29, 0.717) is 0 Å². The van der Waals surface area contributed by atoms with Gasteiger partial charge in [0, 0.05) is 44.8 Å². The first-order valence-electron chi connectivity index (χ1n) is 16.6. The van der Waals surface area contributed by atoms with Gasteiger partial charge in [0.05, 0.1) is 28.5 Å². The van der Waals surface area contributed by atoms with Crippen LogP contribution < -0.4 is 10.7 Å². The van der Waals surface area contributed by atoms with Crippen LogP contribution in [0.5, 0.6) is 0 Å². The Morgan fingerprint density at radius 2 is 0.857 bits per heavy atom. The molecule has 0 radical (unpaired) electrons. The quantitative estimate of drug-likeness (QED) is 0.197. The molecule has 0 aliphatic carbocycles. The van der Waals surface area contributed by atoms with Gasteiger partial charge in [-0.3, -0.25) is 0 Å². The molecule has 4 aromatic carbocycles. The van der Waals surface area contributed by atoms with Crippen molar-refractivity contribution >= 4 is 33.7 Å². The molecule has 6 aromatic rings. The van der Waals surface area contributed by atoms with Gasteiger partial charge in [0.25, 0.3) is 0 Å². The topological polar surface area (TPSA) is 56.3 Å². The summed E-state index contributed by atoms with van der Waals surface area (Å²) >= 11 is 0. The summed E-state index contributed by atoms with van der Waals surface area (Å²) in [6.45, 7) is 2.21. The largest absolute Gasteiger partial charge is 0.360 e. The molecule has 49 heavy (non-hydrogen) atoms. The van der Waals surface area contributed by atoms with Crippen LogP contribution in [0.4, 0.5) is 0 Å². The van der Waals surface area contributed by atoms with Gasteiger partial charge < -0.3 is 9.97 Å². The van der Waals surface area contributed by atoms with Gasteiger partial charge in [-0.1, -0.05) is 121 Å². The molecule has 2 aromatic heterocycles. The maximum Gasteiger partial charge on any atom is 0.0738 e. The molecule has 8 bridgehead atoms. The Hall–Kier alpha value is -6.52. The van der Waals surface area contributed by atoms with Crippen LogP contribution in [0.15, 0.2) is 185 Å². The predicted octanol–water partition coefficient (Wildman–Crippen LogP) is 8.30. The van der Waals surface area contributed by atoms with Crippen LogP contribution in [-0.4, -0.2) is 21.4 Å². The number of aliphatic imine (C=N–C) groups is 2. The second kappa shape index (κ2) is 11.9. The Kier molecular flexibility index (Phi) is 6.98. The third-order valence-corrected chi connectivity index (χ3v) is 9.44. The highest BCUT2D eigenvalue weighted by Gasteiger charge is 2.25. The summed E-state index contributed by atoms with van der Waals surface area (Å²) in [6.07, 6.45) is 10.7. The molecule has 0 spiro atoms. The molecule has 0 saturated carbocycles. The SMILES string of the molecule is Cc1c2c[nH]c1C(c1ccccc1)=C1C=CC(=N1)C(c1ccccc1)=C1C=CC(=N1)C(c1ccccc1)=c1ccc([nH]1)=C2c1ccccc1. The summed E-state index contributed by atoms with van der Waals surface area (Å²) in [5.41, 5.74) is 15.6. The molecule has 4 nitrogen and oxygen atoms in total. The summed E-state index contributed by atoms with van der Waals surface area (Å²) in [6, 6.07) is 46.6. The van der Waals surface area contributed by atoms with Gasteiger partial charge in [0.15, 0.2) is 0 Å². The molecule has 0 amide bonds. The number of H-pyrrole nitrogens is 2. The maximum atomic E-state index is 5.38. The zero-order valence-corrected chi connectivity index (χ0v) is 27.0. The van der Waals surface area contributed by atoms with Gasteiger partial charge in [-0.15, -0.1) is 0 Å². The molecule has 5 heterocycles. The molecule has 3 aliphatic heterocycles. The minimum absolute atomic E-state index is 0.884. The first-order chi connectivity index (χ1) is 24.2. The van der Waals surface area contributed by atoms with E-state index in [2.05, 4.69) is 175 Å². The van der Waals surface area contributed by atoms with Gasteiger partial charge in [-0.25, -0.2) is 9.98 Å². The van der Waals surface area contributed by atoms with E-state index in [1.165, 1.54) is 0 Å².